The third-order valence-corrected chi connectivity index (χ3v) is 7.34. The highest BCUT2D eigenvalue weighted by molar-refractivity contribution is 9.10. The van der Waals surface area contributed by atoms with Crippen LogP contribution in [0.5, 0.6) is 0 Å². The summed E-state index contributed by atoms with van der Waals surface area (Å²) in [6.45, 7) is 3.13. The van der Waals surface area contributed by atoms with E-state index in [2.05, 4.69) is 21.2 Å². The molecule has 7 nitrogen and oxygen atoms in total. The van der Waals surface area contributed by atoms with Gasteiger partial charge in [0, 0.05) is 36.6 Å². The van der Waals surface area contributed by atoms with Crippen molar-refractivity contribution in [1.82, 2.24) is 14.5 Å². The van der Waals surface area contributed by atoms with Crippen molar-refractivity contribution >= 4 is 37.8 Å². The van der Waals surface area contributed by atoms with Gasteiger partial charge in [-0.05, 0) is 36.6 Å². The Bertz CT molecular complexity index is 789. The predicted molar refractivity (Wildman–Crippen MR) is 99.8 cm³/mol. The van der Waals surface area contributed by atoms with Crippen LogP contribution in [0.15, 0.2) is 33.6 Å². The quantitative estimate of drug-likeness (QED) is 0.736. The highest BCUT2D eigenvalue weighted by atomic mass is 79.9. The summed E-state index contributed by atoms with van der Waals surface area (Å²) in [4.78, 5) is 25.9. The van der Waals surface area contributed by atoms with E-state index >= 15 is 0 Å². The second-order valence-corrected chi connectivity index (χ2v) is 9.63. The molecule has 1 saturated carbocycles. The van der Waals surface area contributed by atoms with Crippen LogP contribution in [0.1, 0.15) is 13.3 Å². The third kappa shape index (κ3) is 4.27. The molecule has 26 heavy (non-hydrogen) atoms. The topological polar surface area (TPSA) is 86.8 Å². The number of carbonyl (C=O) groups excluding carboxylic acids is 2. The summed E-state index contributed by atoms with van der Waals surface area (Å²) in [6.07, 6.45) is 0.882. The van der Waals surface area contributed by atoms with Crippen molar-refractivity contribution in [2.45, 2.75) is 18.2 Å². The van der Waals surface area contributed by atoms with Gasteiger partial charge in [0.2, 0.25) is 21.8 Å². The molecule has 3 rings (SSSR count). The molecule has 1 aliphatic heterocycles. The zero-order valence-electron chi connectivity index (χ0n) is 14.5. The summed E-state index contributed by atoms with van der Waals surface area (Å²) < 4.78 is 27.5. The lowest BCUT2D eigenvalue weighted by Gasteiger charge is -2.34. The van der Waals surface area contributed by atoms with Crippen molar-refractivity contribution < 1.29 is 18.0 Å². The Kier molecular flexibility index (Phi) is 5.69. The van der Waals surface area contributed by atoms with Crippen LogP contribution in [-0.2, 0) is 19.6 Å². The molecule has 1 N–H and O–H groups in total. The van der Waals surface area contributed by atoms with Gasteiger partial charge in [0.25, 0.3) is 0 Å². The Morgan fingerprint density at radius 3 is 2.27 bits per heavy atom. The van der Waals surface area contributed by atoms with Crippen LogP contribution in [0.4, 0.5) is 0 Å². The Morgan fingerprint density at radius 1 is 1.15 bits per heavy atom. The van der Waals surface area contributed by atoms with Gasteiger partial charge in [-0.15, -0.1) is 0 Å². The fourth-order valence-electron chi connectivity index (χ4n) is 3.03. The minimum atomic E-state index is -3.56. The number of benzene rings is 1. The summed E-state index contributed by atoms with van der Waals surface area (Å²) >= 11 is 3.29. The van der Waals surface area contributed by atoms with Gasteiger partial charge in [-0.2, -0.15) is 4.31 Å². The lowest BCUT2D eigenvalue weighted by molar-refractivity contribution is -0.134. The van der Waals surface area contributed by atoms with Gasteiger partial charge < -0.3 is 10.2 Å². The van der Waals surface area contributed by atoms with Crippen LogP contribution in [0.3, 0.4) is 0 Å². The predicted octanol–water partition coefficient (Wildman–Crippen LogP) is 1.05. The number of sulfonamides is 1. The Morgan fingerprint density at radius 2 is 1.73 bits per heavy atom. The molecule has 142 valence electrons. The summed E-state index contributed by atoms with van der Waals surface area (Å²) in [6, 6.07) is 6.50. The lowest BCUT2D eigenvalue weighted by atomic mass is 10.3. The SMILES string of the molecule is C[C@@H]1C[C@H]1C(=O)NCC(=O)N1CCN(S(=O)(=O)c2ccc(Br)cc2)CC1. The van der Waals surface area contributed by atoms with E-state index in [-0.39, 0.29) is 42.3 Å². The maximum absolute atomic E-state index is 12.7. The average molecular weight is 444 g/mol. The number of nitrogens with one attached hydrogen (secondary N) is 1. The number of rotatable bonds is 5. The van der Waals surface area contributed by atoms with Crippen LogP contribution in [0, 0.1) is 11.8 Å². The van der Waals surface area contributed by atoms with Gasteiger partial charge >= 0.3 is 0 Å². The molecule has 1 aromatic carbocycles. The highest BCUT2D eigenvalue weighted by Crippen LogP contribution is 2.37. The van der Waals surface area contributed by atoms with Crippen molar-refractivity contribution in [1.29, 1.82) is 0 Å². The molecule has 1 heterocycles. The molecule has 9 heteroatoms. The Hall–Kier alpha value is -1.45. The normalized spacial score (nSPS) is 23.5. The van der Waals surface area contributed by atoms with Crippen molar-refractivity contribution in [3.8, 4) is 0 Å². The first kappa shape index (κ1) is 19.3. The second kappa shape index (κ2) is 7.66. The minimum Gasteiger partial charge on any atom is -0.347 e. The van der Waals surface area contributed by atoms with Crippen molar-refractivity contribution in [2.75, 3.05) is 32.7 Å². The molecule has 2 aliphatic rings. The first-order valence-corrected chi connectivity index (χ1v) is 10.8. The molecule has 0 aromatic heterocycles. The minimum absolute atomic E-state index is 0.0263. The molecular formula is C17H22BrN3O4S. The molecule has 0 radical (unpaired) electrons. The fraction of sp³-hybridized carbons (Fsp3) is 0.529. The first-order valence-electron chi connectivity index (χ1n) is 8.60. The molecular weight excluding hydrogens is 422 g/mol. The molecule has 0 spiro atoms. The average Bonchev–Trinajstić information content (AvgIpc) is 3.36. The van der Waals surface area contributed by atoms with Crippen molar-refractivity contribution in [2.24, 2.45) is 11.8 Å². The number of hydrogen-bond donors (Lipinski definition) is 1. The van der Waals surface area contributed by atoms with Crippen LogP contribution in [0.25, 0.3) is 0 Å². The second-order valence-electron chi connectivity index (χ2n) is 6.78. The van der Waals surface area contributed by atoms with Gasteiger partial charge in [-0.1, -0.05) is 22.9 Å². The van der Waals surface area contributed by atoms with Crippen molar-refractivity contribution in [3.63, 3.8) is 0 Å². The van der Waals surface area contributed by atoms with Gasteiger partial charge in [-0.3, -0.25) is 9.59 Å². The largest absolute Gasteiger partial charge is 0.347 e. The number of amides is 2. The molecule has 1 saturated heterocycles. The monoisotopic (exact) mass is 443 g/mol. The standard InChI is InChI=1S/C17H22BrN3O4S/c1-12-10-15(12)17(23)19-11-16(22)20-6-8-21(9-7-20)26(24,25)14-4-2-13(18)3-5-14/h2-5,12,15H,6-11H2,1H3,(H,19,23)/t12-,15-/m1/s1. The zero-order valence-corrected chi connectivity index (χ0v) is 16.9. The van der Waals surface area contributed by atoms with Gasteiger partial charge in [0.15, 0.2) is 0 Å². The first-order chi connectivity index (χ1) is 12.3. The number of hydrogen-bond acceptors (Lipinski definition) is 4. The van der Waals surface area contributed by atoms with E-state index < -0.39 is 10.0 Å². The zero-order chi connectivity index (χ0) is 18.9. The highest BCUT2D eigenvalue weighted by Gasteiger charge is 2.39. The number of carbonyl (C=O) groups is 2. The molecule has 2 fully saturated rings. The maximum Gasteiger partial charge on any atom is 0.243 e. The molecule has 2 amide bonds. The summed E-state index contributed by atoms with van der Waals surface area (Å²) in [7, 11) is -3.56. The van der Waals surface area contributed by atoms with E-state index in [1.54, 1.807) is 29.2 Å². The van der Waals surface area contributed by atoms with Gasteiger partial charge in [0.1, 0.15) is 0 Å². The number of nitrogens with zero attached hydrogens (tertiary/aromatic N) is 2. The van der Waals surface area contributed by atoms with E-state index in [0.29, 0.717) is 19.0 Å². The summed E-state index contributed by atoms with van der Waals surface area (Å²) in [5.74, 6) is 0.197. The van der Waals surface area contributed by atoms with Gasteiger partial charge in [-0.25, -0.2) is 8.42 Å². The smallest absolute Gasteiger partial charge is 0.243 e. The molecule has 1 aliphatic carbocycles. The fourth-order valence-corrected chi connectivity index (χ4v) is 4.71. The van der Waals surface area contributed by atoms with Crippen LogP contribution in [-0.4, -0.2) is 62.2 Å². The molecule has 0 bridgehead atoms. The van der Waals surface area contributed by atoms with E-state index in [4.69, 9.17) is 0 Å². The van der Waals surface area contributed by atoms with Gasteiger partial charge in [0.05, 0.1) is 11.4 Å². The third-order valence-electron chi connectivity index (χ3n) is 4.90. The molecule has 0 unspecified atom stereocenters. The van der Waals surface area contributed by atoms with E-state index in [0.717, 1.165) is 10.9 Å². The Labute approximate surface area is 161 Å². The van der Waals surface area contributed by atoms with Crippen molar-refractivity contribution in [3.05, 3.63) is 28.7 Å². The molecule has 1 aromatic rings. The van der Waals surface area contributed by atoms with E-state index in [1.165, 1.54) is 4.31 Å². The summed E-state index contributed by atoms with van der Waals surface area (Å²) in [5, 5.41) is 2.68. The van der Waals surface area contributed by atoms with Crippen LogP contribution < -0.4 is 5.32 Å². The number of halogens is 1. The Balaban J connectivity index is 1.51. The maximum atomic E-state index is 12.7. The summed E-state index contributed by atoms with van der Waals surface area (Å²) in [5.41, 5.74) is 0. The van der Waals surface area contributed by atoms with E-state index in [1.807, 2.05) is 6.92 Å². The number of piperazine rings is 1. The lowest BCUT2D eigenvalue weighted by Crippen LogP contribution is -2.52. The van der Waals surface area contributed by atoms with Crippen LogP contribution in [0.2, 0.25) is 0 Å². The van der Waals surface area contributed by atoms with E-state index in [9.17, 15) is 18.0 Å². The molecule has 2 atom stereocenters. The van der Waals surface area contributed by atoms with Crippen LogP contribution >= 0.6 is 15.9 Å².